The molecule has 1 unspecified atom stereocenters. The monoisotopic (exact) mass is 384 g/mol. The lowest BCUT2D eigenvalue weighted by atomic mass is 9.97. The third kappa shape index (κ3) is 3.08. The Hall–Kier alpha value is -0.700. The van der Waals surface area contributed by atoms with Gasteiger partial charge in [-0.25, -0.2) is 0 Å². The van der Waals surface area contributed by atoms with Crippen LogP contribution in [0, 0.1) is 0 Å². The molecule has 0 N–H and O–H groups in total. The van der Waals surface area contributed by atoms with Crippen LogP contribution >= 0.6 is 39.1 Å². The van der Waals surface area contributed by atoms with Crippen LogP contribution in [-0.2, 0) is 6.42 Å². The first-order chi connectivity index (χ1) is 9.85. The molecule has 0 aliphatic carbocycles. The minimum Gasteiger partial charge on any atom is -0.487 e. The van der Waals surface area contributed by atoms with Crippen molar-refractivity contribution in [2.45, 2.75) is 30.7 Å². The van der Waals surface area contributed by atoms with Gasteiger partial charge in [-0.15, -0.1) is 0 Å². The van der Waals surface area contributed by atoms with E-state index in [0.29, 0.717) is 10.0 Å². The summed E-state index contributed by atoms with van der Waals surface area (Å²) in [7, 11) is 0. The highest BCUT2D eigenvalue weighted by Crippen LogP contribution is 2.41. The number of fused-ring (bicyclic) bond motifs is 1. The van der Waals surface area contributed by atoms with Gasteiger partial charge < -0.3 is 4.74 Å². The summed E-state index contributed by atoms with van der Waals surface area (Å²) < 4.78 is 5.92. The molecule has 1 atom stereocenters. The van der Waals surface area contributed by atoms with Gasteiger partial charge in [-0.2, -0.15) is 0 Å². The molecule has 1 heterocycles. The van der Waals surface area contributed by atoms with Crippen LogP contribution < -0.4 is 4.74 Å². The van der Waals surface area contributed by atoms with E-state index in [9.17, 15) is 0 Å². The standard InChI is InChI=1S/C17H15BrCl2O/c1-17(2)9-11-7-10(3-6-15(11)21-17)16(18)13-5-4-12(19)8-14(13)20/h3-8,16H,9H2,1-2H3. The van der Waals surface area contributed by atoms with Gasteiger partial charge >= 0.3 is 0 Å². The first-order valence-corrected chi connectivity index (χ1v) is 8.44. The fraction of sp³-hybridized carbons (Fsp3) is 0.294. The zero-order valence-corrected chi connectivity index (χ0v) is 14.9. The van der Waals surface area contributed by atoms with Crippen molar-refractivity contribution in [2.75, 3.05) is 0 Å². The summed E-state index contributed by atoms with van der Waals surface area (Å²) in [4.78, 5) is 0.0382. The maximum absolute atomic E-state index is 6.30. The Morgan fingerprint density at radius 1 is 1.14 bits per heavy atom. The Kier molecular flexibility index (Phi) is 3.98. The minimum absolute atomic E-state index is 0.0382. The number of hydrogen-bond donors (Lipinski definition) is 0. The zero-order valence-electron chi connectivity index (χ0n) is 11.8. The molecule has 1 aliphatic heterocycles. The molecule has 1 nitrogen and oxygen atoms in total. The molecule has 21 heavy (non-hydrogen) atoms. The molecule has 1 aliphatic rings. The maximum atomic E-state index is 6.30. The van der Waals surface area contributed by atoms with Crippen molar-refractivity contribution in [2.24, 2.45) is 0 Å². The second-order valence-electron chi connectivity index (χ2n) is 5.93. The fourth-order valence-corrected chi connectivity index (χ4v) is 4.01. The first kappa shape index (κ1) is 15.2. The molecule has 2 aromatic rings. The average molecular weight is 386 g/mol. The molecule has 4 heteroatoms. The summed E-state index contributed by atoms with van der Waals surface area (Å²) in [5, 5.41) is 1.31. The van der Waals surface area contributed by atoms with Crippen LogP contribution in [0.15, 0.2) is 36.4 Å². The maximum Gasteiger partial charge on any atom is 0.123 e. The molecule has 0 aromatic heterocycles. The van der Waals surface area contributed by atoms with Crippen LogP contribution in [-0.4, -0.2) is 5.60 Å². The number of rotatable bonds is 2. The lowest BCUT2D eigenvalue weighted by molar-refractivity contribution is 0.138. The molecule has 0 fully saturated rings. The molecule has 0 spiro atoms. The van der Waals surface area contributed by atoms with E-state index in [1.165, 1.54) is 11.1 Å². The zero-order chi connectivity index (χ0) is 15.2. The second kappa shape index (κ2) is 5.49. The minimum atomic E-state index is -0.124. The van der Waals surface area contributed by atoms with E-state index in [0.717, 1.165) is 17.7 Å². The van der Waals surface area contributed by atoms with Gasteiger partial charge in [0.1, 0.15) is 11.4 Å². The molecular formula is C17H15BrCl2O. The number of hydrogen-bond acceptors (Lipinski definition) is 1. The normalized spacial score (nSPS) is 17.2. The summed E-state index contributed by atoms with van der Waals surface area (Å²) in [6.45, 7) is 4.21. The molecule has 0 bridgehead atoms. The van der Waals surface area contributed by atoms with Crippen molar-refractivity contribution in [1.29, 1.82) is 0 Å². The van der Waals surface area contributed by atoms with Crippen LogP contribution in [0.1, 0.15) is 35.4 Å². The Labute approximate surface area is 143 Å². The first-order valence-electron chi connectivity index (χ1n) is 6.76. The summed E-state index contributed by atoms with van der Waals surface area (Å²) in [6.07, 6.45) is 0.921. The predicted octanol–water partition coefficient (Wildman–Crippen LogP) is 6.19. The lowest BCUT2D eigenvalue weighted by Gasteiger charge is -2.16. The van der Waals surface area contributed by atoms with Crippen molar-refractivity contribution < 1.29 is 4.74 Å². The Bertz CT molecular complexity index is 697. The molecular weight excluding hydrogens is 371 g/mol. The fourth-order valence-electron chi connectivity index (χ4n) is 2.67. The smallest absolute Gasteiger partial charge is 0.123 e. The molecule has 0 saturated carbocycles. The van der Waals surface area contributed by atoms with Gasteiger partial charge in [0.2, 0.25) is 0 Å². The van der Waals surface area contributed by atoms with E-state index in [-0.39, 0.29) is 10.4 Å². The van der Waals surface area contributed by atoms with Gasteiger partial charge in [-0.3, -0.25) is 0 Å². The quantitative estimate of drug-likeness (QED) is 0.560. The van der Waals surface area contributed by atoms with Crippen LogP contribution in [0.25, 0.3) is 0 Å². The third-order valence-electron chi connectivity index (χ3n) is 3.62. The van der Waals surface area contributed by atoms with Gasteiger partial charge in [-0.1, -0.05) is 57.3 Å². The topological polar surface area (TPSA) is 9.23 Å². The van der Waals surface area contributed by atoms with Crippen molar-refractivity contribution in [3.05, 3.63) is 63.1 Å². The Morgan fingerprint density at radius 3 is 2.62 bits per heavy atom. The highest BCUT2D eigenvalue weighted by Gasteiger charge is 2.30. The van der Waals surface area contributed by atoms with E-state index in [1.54, 1.807) is 6.07 Å². The molecule has 3 rings (SSSR count). The van der Waals surface area contributed by atoms with E-state index >= 15 is 0 Å². The Morgan fingerprint density at radius 2 is 1.90 bits per heavy atom. The lowest BCUT2D eigenvalue weighted by Crippen LogP contribution is -2.24. The van der Waals surface area contributed by atoms with E-state index in [1.807, 2.05) is 18.2 Å². The molecule has 0 radical (unpaired) electrons. The number of halogens is 3. The van der Waals surface area contributed by atoms with Gasteiger partial charge in [0, 0.05) is 16.5 Å². The number of ether oxygens (including phenoxy) is 1. The summed E-state index contributed by atoms with van der Waals surface area (Å²) >= 11 is 16.0. The van der Waals surface area contributed by atoms with Crippen molar-refractivity contribution in [1.82, 2.24) is 0 Å². The van der Waals surface area contributed by atoms with E-state index < -0.39 is 0 Å². The third-order valence-corrected chi connectivity index (χ3v) is 5.20. The van der Waals surface area contributed by atoms with Gasteiger partial charge in [0.05, 0.1) is 4.83 Å². The van der Waals surface area contributed by atoms with Crippen molar-refractivity contribution in [3.8, 4) is 5.75 Å². The number of alkyl halides is 1. The van der Waals surface area contributed by atoms with Crippen molar-refractivity contribution >= 4 is 39.1 Å². The predicted molar refractivity (Wildman–Crippen MR) is 92.1 cm³/mol. The summed E-state index contributed by atoms with van der Waals surface area (Å²) in [5.74, 6) is 0.977. The summed E-state index contributed by atoms with van der Waals surface area (Å²) in [5.41, 5.74) is 3.30. The Balaban J connectivity index is 1.95. The molecule has 0 saturated heterocycles. The molecule has 0 amide bonds. The van der Waals surface area contributed by atoms with E-state index in [2.05, 4.69) is 41.9 Å². The summed E-state index contributed by atoms with van der Waals surface area (Å²) in [6, 6.07) is 11.9. The van der Waals surface area contributed by atoms with Crippen LogP contribution in [0.4, 0.5) is 0 Å². The van der Waals surface area contributed by atoms with E-state index in [4.69, 9.17) is 27.9 Å². The highest BCUT2D eigenvalue weighted by molar-refractivity contribution is 9.09. The van der Waals surface area contributed by atoms with Crippen LogP contribution in [0.3, 0.4) is 0 Å². The van der Waals surface area contributed by atoms with Crippen LogP contribution in [0.5, 0.6) is 5.75 Å². The van der Waals surface area contributed by atoms with Gasteiger partial charge in [-0.05, 0) is 48.7 Å². The second-order valence-corrected chi connectivity index (χ2v) is 7.69. The highest BCUT2D eigenvalue weighted by atomic mass is 79.9. The average Bonchev–Trinajstić information content (AvgIpc) is 2.70. The molecule has 2 aromatic carbocycles. The SMILES string of the molecule is CC1(C)Cc2cc(C(Br)c3ccc(Cl)cc3Cl)ccc2O1. The largest absolute Gasteiger partial charge is 0.487 e. The number of benzene rings is 2. The van der Waals surface area contributed by atoms with Gasteiger partial charge in [0.15, 0.2) is 0 Å². The van der Waals surface area contributed by atoms with Crippen LogP contribution in [0.2, 0.25) is 10.0 Å². The van der Waals surface area contributed by atoms with Gasteiger partial charge in [0.25, 0.3) is 0 Å². The molecule has 110 valence electrons. The van der Waals surface area contributed by atoms with Crippen molar-refractivity contribution in [3.63, 3.8) is 0 Å².